The summed E-state index contributed by atoms with van der Waals surface area (Å²) in [7, 11) is 1.68. The van der Waals surface area contributed by atoms with Gasteiger partial charge in [-0.1, -0.05) is 19.3 Å². The van der Waals surface area contributed by atoms with Gasteiger partial charge in [0.25, 0.3) is 0 Å². The van der Waals surface area contributed by atoms with E-state index in [1.807, 2.05) is 6.20 Å². The Balaban J connectivity index is 1.20. The van der Waals surface area contributed by atoms with E-state index >= 15 is 4.39 Å². The third-order valence-corrected chi connectivity index (χ3v) is 7.17. The molecular weight excluding hydrogens is 500 g/mol. The summed E-state index contributed by atoms with van der Waals surface area (Å²) in [5.74, 6) is -2.95. The van der Waals surface area contributed by atoms with Crippen molar-refractivity contribution in [1.29, 1.82) is 0 Å². The van der Waals surface area contributed by atoms with Crippen molar-refractivity contribution in [2.75, 3.05) is 23.9 Å². The molecule has 196 valence electrons. The zero-order valence-corrected chi connectivity index (χ0v) is 20.5. The molecule has 38 heavy (non-hydrogen) atoms. The first-order chi connectivity index (χ1) is 18.4. The van der Waals surface area contributed by atoms with Gasteiger partial charge in [-0.25, -0.2) is 27.5 Å². The van der Waals surface area contributed by atoms with E-state index in [2.05, 4.69) is 20.3 Å². The zero-order valence-electron chi connectivity index (χ0n) is 20.5. The molecule has 1 aliphatic carbocycles. The van der Waals surface area contributed by atoms with Crippen molar-refractivity contribution in [2.24, 2.45) is 5.92 Å². The molecule has 2 aromatic carbocycles. The number of likely N-dealkylation sites (N-methyl/N-ethyl adjacent to an activating group) is 1. The van der Waals surface area contributed by atoms with Crippen molar-refractivity contribution in [3.05, 3.63) is 83.6 Å². The second-order valence-corrected chi connectivity index (χ2v) is 9.68. The number of imidazole rings is 1. The molecule has 0 radical (unpaired) electrons. The van der Waals surface area contributed by atoms with E-state index in [1.54, 1.807) is 35.0 Å². The van der Waals surface area contributed by atoms with Gasteiger partial charge in [0, 0.05) is 18.9 Å². The Morgan fingerprint density at radius 3 is 2.53 bits per heavy atom. The molecule has 4 aromatic rings. The molecule has 1 aliphatic heterocycles. The Kier molecular flexibility index (Phi) is 6.13. The molecule has 6 rings (SSSR count). The number of fused-ring (bicyclic) bond motifs is 1. The molecule has 2 aromatic heterocycles. The van der Waals surface area contributed by atoms with E-state index in [-0.39, 0.29) is 18.1 Å². The van der Waals surface area contributed by atoms with Crippen LogP contribution in [0.1, 0.15) is 36.6 Å². The smallest absolute Gasteiger partial charge is 0.229 e. The fourth-order valence-corrected chi connectivity index (χ4v) is 4.81. The van der Waals surface area contributed by atoms with Crippen LogP contribution in [0.25, 0.3) is 5.69 Å². The second-order valence-electron chi connectivity index (χ2n) is 9.68. The summed E-state index contributed by atoms with van der Waals surface area (Å²) in [5.41, 5.74) is 1.97. The van der Waals surface area contributed by atoms with Crippen LogP contribution in [-0.4, -0.2) is 33.2 Å². The maximum Gasteiger partial charge on any atom is 0.229 e. The minimum absolute atomic E-state index is 0.0629. The highest BCUT2D eigenvalue weighted by atomic mass is 19.2. The fourth-order valence-electron chi connectivity index (χ4n) is 4.81. The van der Waals surface area contributed by atoms with Crippen molar-refractivity contribution >= 4 is 17.5 Å². The van der Waals surface area contributed by atoms with Gasteiger partial charge >= 0.3 is 0 Å². The Labute approximate surface area is 216 Å². The van der Waals surface area contributed by atoms with Gasteiger partial charge in [-0.2, -0.15) is 4.98 Å². The molecule has 1 fully saturated rings. The number of nitrogens with one attached hydrogen (secondary N) is 1. The standard InChI is InChI=1S/C27H24F4N6O/c1-36-23(16-8-20(29)25(31)21(30)9-16)13-38-24-11-32-27(35-26(24)36)34-17-5-6-22(19(28)10-17)37-12-18(33-14-37)7-15-3-2-4-15/h5-6,8-12,14-15,23H,2-4,7,13H2,1H3,(H,32,34,35). The third kappa shape index (κ3) is 4.52. The molecule has 0 spiro atoms. The number of rotatable bonds is 6. The molecule has 1 unspecified atom stereocenters. The first-order valence-electron chi connectivity index (χ1n) is 12.3. The summed E-state index contributed by atoms with van der Waals surface area (Å²) in [6.07, 6.45) is 9.56. The van der Waals surface area contributed by atoms with Gasteiger partial charge in [0.2, 0.25) is 5.95 Å². The number of benzene rings is 2. The highest BCUT2D eigenvalue weighted by molar-refractivity contribution is 5.61. The van der Waals surface area contributed by atoms with Gasteiger partial charge in [0.15, 0.2) is 29.0 Å². The van der Waals surface area contributed by atoms with E-state index in [4.69, 9.17) is 4.74 Å². The third-order valence-electron chi connectivity index (χ3n) is 7.17. The number of nitrogens with zero attached hydrogens (tertiary/aromatic N) is 5. The molecule has 7 nitrogen and oxygen atoms in total. The van der Waals surface area contributed by atoms with E-state index in [0.717, 1.165) is 24.2 Å². The molecule has 0 saturated heterocycles. The number of aromatic nitrogens is 4. The quantitative estimate of drug-likeness (QED) is 0.251. The minimum Gasteiger partial charge on any atom is -0.486 e. The van der Waals surface area contributed by atoms with Crippen molar-refractivity contribution in [1.82, 2.24) is 19.5 Å². The summed E-state index contributed by atoms with van der Waals surface area (Å²) < 4.78 is 63.4. The van der Waals surface area contributed by atoms with E-state index in [1.165, 1.54) is 31.5 Å². The summed E-state index contributed by atoms with van der Waals surface area (Å²) in [5, 5.41) is 2.98. The first kappa shape index (κ1) is 24.2. The summed E-state index contributed by atoms with van der Waals surface area (Å²) in [4.78, 5) is 14.8. The van der Waals surface area contributed by atoms with Gasteiger partial charge in [0.05, 0.1) is 29.9 Å². The fraction of sp³-hybridized carbons (Fsp3) is 0.296. The number of hydrogen-bond donors (Lipinski definition) is 1. The molecule has 3 heterocycles. The maximum absolute atomic E-state index is 15.0. The van der Waals surface area contributed by atoms with Crippen molar-refractivity contribution in [3.63, 3.8) is 0 Å². The largest absolute Gasteiger partial charge is 0.486 e. The van der Waals surface area contributed by atoms with Crippen molar-refractivity contribution in [2.45, 2.75) is 31.7 Å². The van der Waals surface area contributed by atoms with Crippen molar-refractivity contribution < 1.29 is 22.3 Å². The van der Waals surface area contributed by atoms with Gasteiger partial charge < -0.3 is 19.5 Å². The van der Waals surface area contributed by atoms with Crippen LogP contribution < -0.4 is 15.0 Å². The average Bonchev–Trinajstić information content (AvgIpc) is 3.33. The van der Waals surface area contributed by atoms with E-state index in [0.29, 0.717) is 28.9 Å². The molecular formula is C27H24F4N6O. The highest BCUT2D eigenvalue weighted by Gasteiger charge is 2.30. The monoisotopic (exact) mass is 524 g/mol. The normalized spacial score (nSPS) is 17.1. The lowest BCUT2D eigenvalue weighted by Crippen LogP contribution is -2.34. The number of ether oxygens (including phenoxy) is 1. The molecule has 1 N–H and O–H groups in total. The number of halogens is 4. The molecule has 1 atom stereocenters. The number of anilines is 3. The Morgan fingerprint density at radius 1 is 1.03 bits per heavy atom. The van der Waals surface area contributed by atoms with Crippen LogP contribution in [0.4, 0.5) is 35.0 Å². The Bertz CT molecular complexity index is 1480. The lowest BCUT2D eigenvalue weighted by molar-refractivity contribution is 0.264. The van der Waals surface area contributed by atoms with Gasteiger partial charge in [-0.15, -0.1) is 0 Å². The summed E-state index contributed by atoms with van der Waals surface area (Å²) in [6.45, 7) is 0.0629. The van der Waals surface area contributed by atoms with Crippen LogP contribution in [0, 0.1) is 29.2 Å². The average molecular weight is 525 g/mol. The first-order valence-corrected chi connectivity index (χ1v) is 12.3. The lowest BCUT2D eigenvalue weighted by Gasteiger charge is -2.35. The van der Waals surface area contributed by atoms with E-state index in [9.17, 15) is 13.2 Å². The SMILES string of the molecule is CN1c2nc(Nc3ccc(-n4cnc(CC5CCC5)c4)c(F)c3)ncc2OCC1c1cc(F)c(F)c(F)c1. The van der Waals surface area contributed by atoms with Crippen molar-refractivity contribution in [3.8, 4) is 11.4 Å². The lowest BCUT2D eigenvalue weighted by atomic mass is 9.82. The molecule has 0 amide bonds. The molecule has 0 bridgehead atoms. The van der Waals surface area contributed by atoms with Gasteiger partial charge in [-0.3, -0.25) is 0 Å². The minimum atomic E-state index is -1.53. The van der Waals surface area contributed by atoms with Crippen LogP contribution in [0.2, 0.25) is 0 Å². The predicted molar refractivity (Wildman–Crippen MR) is 133 cm³/mol. The Morgan fingerprint density at radius 2 is 1.82 bits per heavy atom. The maximum atomic E-state index is 15.0. The molecule has 2 aliphatic rings. The highest BCUT2D eigenvalue weighted by Crippen LogP contribution is 2.38. The number of hydrogen-bond acceptors (Lipinski definition) is 6. The topological polar surface area (TPSA) is 68.1 Å². The zero-order chi connectivity index (χ0) is 26.4. The summed E-state index contributed by atoms with van der Waals surface area (Å²) in [6, 6.07) is 5.96. The van der Waals surface area contributed by atoms with Gasteiger partial charge in [-0.05, 0) is 48.2 Å². The molecule has 11 heteroatoms. The van der Waals surface area contributed by atoms with Crippen LogP contribution in [0.5, 0.6) is 5.75 Å². The predicted octanol–water partition coefficient (Wildman–Crippen LogP) is 5.87. The van der Waals surface area contributed by atoms with Crippen LogP contribution >= 0.6 is 0 Å². The van der Waals surface area contributed by atoms with Crippen LogP contribution in [0.15, 0.2) is 49.1 Å². The van der Waals surface area contributed by atoms with Crippen LogP contribution in [-0.2, 0) is 6.42 Å². The summed E-state index contributed by atoms with van der Waals surface area (Å²) >= 11 is 0. The molecule has 1 saturated carbocycles. The second kappa shape index (κ2) is 9.62. The van der Waals surface area contributed by atoms with Crippen LogP contribution in [0.3, 0.4) is 0 Å². The van der Waals surface area contributed by atoms with Gasteiger partial charge in [0.1, 0.15) is 12.4 Å². The Hall–Kier alpha value is -4.15. The van der Waals surface area contributed by atoms with E-state index < -0.39 is 29.3 Å².